The van der Waals surface area contributed by atoms with Crippen LogP contribution in [0.3, 0.4) is 0 Å². The Bertz CT molecular complexity index is 686. The van der Waals surface area contributed by atoms with Crippen LogP contribution >= 0.6 is 0 Å². The maximum Gasteiger partial charge on any atom is 0.124 e. The van der Waals surface area contributed by atoms with Crippen LogP contribution < -0.4 is 4.74 Å². The number of nitriles is 1. The molecule has 0 spiro atoms. The van der Waals surface area contributed by atoms with E-state index in [1.807, 2.05) is 25.1 Å². The number of aryl methyl sites for hydroxylation is 1. The fraction of sp³-hybridized carbons (Fsp3) is 0.278. The molecule has 0 aromatic heterocycles. The summed E-state index contributed by atoms with van der Waals surface area (Å²) in [4.78, 5) is 0. The van der Waals surface area contributed by atoms with E-state index in [9.17, 15) is 4.39 Å². The maximum absolute atomic E-state index is 13.4. The van der Waals surface area contributed by atoms with E-state index in [0.717, 1.165) is 11.3 Å². The predicted molar refractivity (Wildman–Crippen MR) is 80.7 cm³/mol. The summed E-state index contributed by atoms with van der Waals surface area (Å²) < 4.78 is 19.2. The topological polar surface area (TPSA) is 33.0 Å². The lowest BCUT2D eigenvalue weighted by Gasteiger charge is -2.13. The van der Waals surface area contributed by atoms with Gasteiger partial charge in [-0.3, -0.25) is 0 Å². The van der Waals surface area contributed by atoms with Crippen molar-refractivity contribution in [2.45, 2.75) is 33.3 Å². The number of hydrogen-bond donors (Lipinski definition) is 0. The van der Waals surface area contributed by atoms with Gasteiger partial charge in [-0.2, -0.15) is 5.26 Å². The monoisotopic (exact) mass is 283 g/mol. The highest BCUT2D eigenvalue weighted by atomic mass is 19.1. The van der Waals surface area contributed by atoms with Crippen LogP contribution in [0.25, 0.3) is 0 Å². The molecule has 0 aliphatic rings. The zero-order chi connectivity index (χ0) is 15.4. The highest BCUT2D eigenvalue weighted by Crippen LogP contribution is 2.25. The molecule has 2 aromatic carbocycles. The van der Waals surface area contributed by atoms with Crippen LogP contribution in [0.1, 0.15) is 42.0 Å². The first-order valence-corrected chi connectivity index (χ1v) is 6.92. The molecule has 0 saturated heterocycles. The van der Waals surface area contributed by atoms with E-state index in [1.54, 1.807) is 6.07 Å². The van der Waals surface area contributed by atoms with E-state index in [0.29, 0.717) is 17.0 Å². The summed E-state index contributed by atoms with van der Waals surface area (Å²) >= 11 is 0. The molecule has 0 bridgehead atoms. The first-order valence-electron chi connectivity index (χ1n) is 6.92. The van der Waals surface area contributed by atoms with Crippen molar-refractivity contribution in [3.05, 3.63) is 64.5 Å². The van der Waals surface area contributed by atoms with E-state index in [1.165, 1.54) is 17.7 Å². The second-order valence-corrected chi connectivity index (χ2v) is 5.43. The van der Waals surface area contributed by atoms with Gasteiger partial charge in [0, 0.05) is 0 Å². The third kappa shape index (κ3) is 3.82. The van der Waals surface area contributed by atoms with Crippen LogP contribution in [0.4, 0.5) is 4.39 Å². The second kappa shape index (κ2) is 6.41. The summed E-state index contributed by atoms with van der Waals surface area (Å²) in [6, 6.07) is 12.3. The lowest BCUT2D eigenvalue weighted by molar-refractivity contribution is 0.303. The average Bonchev–Trinajstić information content (AvgIpc) is 2.45. The average molecular weight is 283 g/mol. The molecule has 0 aliphatic carbocycles. The molecule has 0 radical (unpaired) electrons. The normalized spacial score (nSPS) is 10.5. The Morgan fingerprint density at radius 3 is 2.62 bits per heavy atom. The lowest BCUT2D eigenvalue weighted by atomic mass is 10.0. The van der Waals surface area contributed by atoms with E-state index in [2.05, 4.69) is 19.9 Å². The first kappa shape index (κ1) is 15.1. The third-order valence-corrected chi connectivity index (χ3v) is 3.36. The standard InChI is InChI=1S/C18H18FNO/c1-12(2)16-5-4-13(3)18(9-16)21-11-15-6-14(10-20)7-17(19)8-15/h4-9,12H,11H2,1-3H3. The Morgan fingerprint density at radius 1 is 1.19 bits per heavy atom. The van der Waals surface area contributed by atoms with Crippen molar-refractivity contribution in [2.24, 2.45) is 0 Å². The SMILES string of the molecule is Cc1ccc(C(C)C)cc1OCc1cc(F)cc(C#N)c1. The van der Waals surface area contributed by atoms with Crippen molar-refractivity contribution in [1.29, 1.82) is 5.26 Å². The molecule has 2 nitrogen and oxygen atoms in total. The van der Waals surface area contributed by atoms with Crippen LogP contribution in [-0.4, -0.2) is 0 Å². The van der Waals surface area contributed by atoms with Gasteiger partial charge < -0.3 is 4.74 Å². The first-order chi connectivity index (χ1) is 9.99. The van der Waals surface area contributed by atoms with Gasteiger partial charge in [-0.05, 0) is 53.8 Å². The summed E-state index contributed by atoms with van der Waals surface area (Å²) in [6.45, 7) is 6.47. The van der Waals surface area contributed by atoms with Crippen LogP contribution in [0.5, 0.6) is 5.75 Å². The summed E-state index contributed by atoms with van der Waals surface area (Å²) in [7, 11) is 0. The third-order valence-electron chi connectivity index (χ3n) is 3.36. The van der Waals surface area contributed by atoms with Crippen molar-refractivity contribution in [3.63, 3.8) is 0 Å². The molecule has 0 fully saturated rings. The number of rotatable bonds is 4. The molecule has 0 amide bonds. The van der Waals surface area contributed by atoms with Gasteiger partial charge in [0.05, 0.1) is 11.6 Å². The van der Waals surface area contributed by atoms with E-state index < -0.39 is 5.82 Å². The Kier molecular flexibility index (Phi) is 4.59. The second-order valence-electron chi connectivity index (χ2n) is 5.43. The number of nitrogens with zero attached hydrogens (tertiary/aromatic N) is 1. The Balaban J connectivity index is 2.18. The minimum atomic E-state index is -0.416. The smallest absolute Gasteiger partial charge is 0.124 e. The Morgan fingerprint density at radius 2 is 1.95 bits per heavy atom. The highest BCUT2D eigenvalue weighted by Gasteiger charge is 2.06. The van der Waals surface area contributed by atoms with E-state index in [-0.39, 0.29) is 6.61 Å². The van der Waals surface area contributed by atoms with Crippen molar-refractivity contribution in [1.82, 2.24) is 0 Å². The van der Waals surface area contributed by atoms with Crippen LogP contribution in [-0.2, 0) is 6.61 Å². The maximum atomic E-state index is 13.4. The van der Waals surface area contributed by atoms with Gasteiger partial charge in [-0.15, -0.1) is 0 Å². The molecule has 0 atom stereocenters. The van der Waals surface area contributed by atoms with Crippen molar-refractivity contribution in [3.8, 4) is 11.8 Å². The van der Waals surface area contributed by atoms with Crippen molar-refractivity contribution >= 4 is 0 Å². The van der Waals surface area contributed by atoms with Gasteiger partial charge in [-0.1, -0.05) is 26.0 Å². The lowest BCUT2D eigenvalue weighted by Crippen LogP contribution is -2.00. The fourth-order valence-corrected chi connectivity index (χ4v) is 2.09. The van der Waals surface area contributed by atoms with Crippen LogP contribution in [0, 0.1) is 24.1 Å². The quantitative estimate of drug-likeness (QED) is 0.814. The largest absolute Gasteiger partial charge is 0.489 e. The highest BCUT2D eigenvalue weighted by molar-refractivity contribution is 5.38. The number of ether oxygens (including phenoxy) is 1. The molecular weight excluding hydrogens is 265 g/mol. The predicted octanol–water partition coefficient (Wildman–Crippen LogP) is 4.71. The van der Waals surface area contributed by atoms with Crippen LogP contribution in [0.2, 0.25) is 0 Å². The van der Waals surface area contributed by atoms with Gasteiger partial charge in [0.25, 0.3) is 0 Å². The zero-order valence-corrected chi connectivity index (χ0v) is 12.5. The molecule has 0 saturated carbocycles. The molecule has 21 heavy (non-hydrogen) atoms. The Labute approximate surface area is 124 Å². The summed E-state index contributed by atoms with van der Waals surface area (Å²) in [5.74, 6) is 0.802. The fourth-order valence-electron chi connectivity index (χ4n) is 2.09. The van der Waals surface area contributed by atoms with E-state index >= 15 is 0 Å². The number of halogens is 1. The summed E-state index contributed by atoms with van der Waals surface area (Å²) in [6.07, 6.45) is 0. The molecule has 0 heterocycles. The van der Waals surface area contributed by atoms with Crippen molar-refractivity contribution < 1.29 is 9.13 Å². The number of hydrogen-bond acceptors (Lipinski definition) is 2. The molecular formula is C18H18FNO. The molecule has 2 aromatic rings. The molecule has 3 heteroatoms. The molecule has 0 aliphatic heterocycles. The minimum absolute atomic E-state index is 0.245. The van der Waals surface area contributed by atoms with Gasteiger partial charge >= 0.3 is 0 Å². The van der Waals surface area contributed by atoms with E-state index in [4.69, 9.17) is 10.00 Å². The molecule has 0 N–H and O–H groups in total. The molecule has 2 rings (SSSR count). The van der Waals surface area contributed by atoms with Gasteiger partial charge in [0.2, 0.25) is 0 Å². The molecule has 0 unspecified atom stereocenters. The summed E-state index contributed by atoms with van der Waals surface area (Å²) in [5.41, 5.74) is 3.20. The minimum Gasteiger partial charge on any atom is -0.489 e. The van der Waals surface area contributed by atoms with Gasteiger partial charge in [0.1, 0.15) is 18.2 Å². The zero-order valence-electron chi connectivity index (χ0n) is 12.5. The summed E-state index contributed by atoms with van der Waals surface area (Å²) in [5, 5.41) is 8.86. The number of benzene rings is 2. The van der Waals surface area contributed by atoms with Crippen molar-refractivity contribution in [2.75, 3.05) is 0 Å². The Hall–Kier alpha value is -2.34. The van der Waals surface area contributed by atoms with Gasteiger partial charge in [-0.25, -0.2) is 4.39 Å². The van der Waals surface area contributed by atoms with Gasteiger partial charge in [0.15, 0.2) is 0 Å². The van der Waals surface area contributed by atoms with Crippen LogP contribution in [0.15, 0.2) is 36.4 Å². The molecule has 108 valence electrons.